The number of carbonyl (C=O) groups excluding carboxylic acids is 1. The van der Waals surface area contributed by atoms with E-state index in [1.165, 1.54) is 0 Å². The number of piperidine rings is 1. The molecule has 0 spiro atoms. The van der Waals surface area contributed by atoms with Crippen LogP contribution >= 0.6 is 0 Å². The van der Waals surface area contributed by atoms with Crippen molar-refractivity contribution in [3.8, 4) is 5.69 Å². The number of benzene rings is 1. The number of hydrogen-bond donors (Lipinski definition) is 1. The summed E-state index contributed by atoms with van der Waals surface area (Å²) in [5, 5.41) is 8.12. The average molecular weight is 354 g/mol. The highest BCUT2D eigenvalue weighted by molar-refractivity contribution is 5.76. The lowest BCUT2D eigenvalue weighted by molar-refractivity contribution is -0.133. The number of amides is 1. The Kier molecular flexibility index (Phi) is 5.96. The number of rotatable bonds is 6. The molecule has 0 aliphatic carbocycles. The molecule has 140 valence electrons. The maximum Gasteiger partial charge on any atom is 0.222 e. The third-order valence-electron chi connectivity index (χ3n) is 5.00. The first-order valence-electron chi connectivity index (χ1n) is 9.66. The van der Waals surface area contributed by atoms with Crippen molar-refractivity contribution in [2.45, 2.75) is 40.0 Å². The number of aromatic nitrogens is 2. The largest absolute Gasteiger partial charge is 0.383 e. The lowest BCUT2D eigenvalue weighted by atomic mass is 9.96. The number of carbonyl (C=O) groups is 1. The Bertz CT molecular complexity index is 729. The molecule has 1 aliphatic heterocycles. The zero-order valence-corrected chi connectivity index (χ0v) is 16.1. The SMILES string of the molecule is Cc1ccn(-c2ccccc2NCC2CCN(C(=O)CC(C)C)CC2)n1. The number of likely N-dealkylation sites (tertiary alicyclic amines) is 1. The molecule has 0 unspecified atom stereocenters. The van der Waals surface area contributed by atoms with E-state index in [2.05, 4.69) is 42.5 Å². The van der Waals surface area contributed by atoms with Crippen molar-refractivity contribution in [3.63, 3.8) is 0 Å². The molecule has 2 heterocycles. The van der Waals surface area contributed by atoms with E-state index in [1.807, 2.05) is 34.8 Å². The van der Waals surface area contributed by atoms with Crippen LogP contribution in [0.1, 0.15) is 38.8 Å². The number of nitrogens with one attached hydrogen (secondary N) is 1. The predicted molar refractivity (Wildman–Crippen MR) is 106 cm³/mol. The summed E-state index contributed by atoms with van der Waals surface area (Å²) in [6, 6.07) is 10.3. The van der Waals surface area contributed by atoms with Gasteiger partial charge in [-0.15, -0.1) is 0 Å². The number of nitrogens with zero attached hydrogens (tertiary/aromatic N) is 3. The topological polar surface area (TPSA) is 50.2 Å². The van der Waals surface area contributed by atoms with Crippen molar-refractivity contribution < 1.29 is 4.79 Å². The van der Waals surface area contributed by atoms with Gasteiger partial charge in [0.1, 0.15) is 0 Å². The van der Waals surface area contributed by atoms with Crippen molar-refractivity contribution in [3.05, 3.63) is 42.2 Å². The fraction of sp³-hybridized carbons (Fsp3) is 0.524. The highest BCUT2D eigenvalue weighted by Gasteiger charge is 2.23. The number of para-hydroxylation sites is 2. The lowest BCUT2D eigenvalue weighted by Gasteiger charge is -2.32. The zero-order valence-electron chi connectivity index (χ0n) is 16.1. The normalized spacial score (nSPS) is 15.5. The smallest absolute Gasteiger partial charge is 0.222 e. The van der Waals surface area contributed by atoms with Crippen molar-refractivity contribution in [1.29, 1.82) is 0 Å². The Labute approximate surface area is 156 Å². The van der Waals surface area contributed by atoms with Crippen molar-refractivity contribution in [1.82, 2.24) is 14.7 Å². The number of aryl methyl sites for hydroxylation is 1. The Hall–Kier alpha value is -2.30. The first kappa shape index (κ1) is 18.5. The zero-order chi connectivity index (χ0) is 18.5. The fourth-order valence-corrected chi connectivity index (χ4v) is 3.49. The molecule has 1 amide bonds. The van der Waals surface area contributed by atoms with Crippen LogP contribution in [-0.4, -0.2) is 40.2 Å². The summed E-state index contributed by atoms with van der Waals surface area (Å²) in [7, 11) is 0. The van der Waals surface area contributed by atoms with Gasteiger partial charge in [0.2, 0.25) is 5.91 Å². The second-order valence-corrected chi connectivity index (χ2v) is 7.72. The molecule has 1 aromatic carbocycles. The van der Waals surface area contributed by atoms with Crippen LogP contribution < -0.4 is 5.32 Å². The molecule has 0 bridgehead atoms. The minimum absolute atomic E-state index is 0.311. The Morgan fingerprint density at radius 1 is 1.23 bits per heavy atom. The van der Waals surface area contributed by atoms with E-state index in [0.29, 0.717) is 24.2 Å². The first-order chi connectivity index (χ1) is 12.5. The Balaban J connectivity index is 1.54. The number of anilines is 1. The van der Waals surface area contributed by atoms with Crippen molar-refractivity contribution in [2.24, 2.45) is 11.8 Å². The van der Waals surface area contributed by atoms with E-state index in [9.17, 15) is 4.79 Å². The van der Waals surface area contributed by atoms with Crippen LogP contribution in [0.2, 0.25) is 0 Å². The van der Waals surface area contributed by atoms with Crippen LogP contribution in [-0.2, 0) is 4.79 Å². The third-order valence-corrected chi connectivity index (χ3v) is 5.00. The van der Waals surface area contributed by atoms with Crippen LogP contribution in [0, 0.1) is 18.8 Å². The number of hydrogen-bond acceptors (Lipinski definition) is 3. The molecule has 1 fully saturated rings. The maximum atomic E-state index is 12.2. The second-order valence-electron chi connectivity index (χ2n) is 7.72. The maximum absolute atomic E-state index is 12.2. The van der Waals surface area contributed by atoms with Gasteiger partial charge in [-0.05, 0) is 49.8 Å². The molecule has 1 saturated heterocycles. The van der Waals surface area contributed by atoms with E-state index in [4.69, 9.17) is 0 Å². The summed E-state index contributed by atoms with van der Waals surface area (Å²) >= 11 is 0. The molecule has 5 nitrogen and oxygen atoms in total. The van der Waals surface area contributed by atoms with E-state index in [1.54, 1.807) is 0 Å². The lowest BCUT2D eigenvalue weighted by Crippen LogP contribution is -2.40. The van der Waals surface area contributed by atoms with Gasteiger partial charge in [0.25, 0.3) is 0 Å². The summed E-state index contributed by atoms with van der Waals surface area (Å²) in [5.74, 6) is 1.35. The summed E-state index contributed by atoms with van der Waals surface area (Å²) in [6.07, 6.45) is 4.80. The van der Waals surface area contributed by atoms with Gasteiger partial charge >= 0.3 is 0 Å². The molecule has 1 aliphatic rings. The van der Waals surface area contributed by atoms with Crippen LogP contribution in [0.15, 0.2) is 36.5 Å². The van der Waals surface area contributed by atoms with Gasteiger partial charge in [-0.25, -0.2) is 4.68 Å². The highest BCUT2D eigenvalue weighted by atomic mass is 16.2. The summed E-state index contributed by atoms with van der Waals surface area (Å²) in [5.41, 5.74) is 3.19. The monoisotopic (exact) mass is 354 g/mol. The van der Waals surface area contributed by atoms with Gasteiger partial charge < -0.3 is 10.2 Å². The Morgan fingerprint density at radius 2 is 1.96 bits per heavy atom. The summed E-state index contributed by atoms with van der Waals surface area (Å²) < 4.78 is 1.92. The Morgan fingerprint density at radius 3 is 2.62 bits per heavy atom. The standard InChI is InChI=1S/C21H30N4O/c1-16(2)14-21(26)24-11-9-18(10-12-24)15-22-19-6-4-5-7-20(19)25-13-8-17(3)23-25/h4-8,13,16,18,22H,9-12,14-15H2,1-3H3. The van der Waals surface area contributed by atoms with Crippen LogP contribution in [0.25, 0.3) is 5.69 Å². The van der Waals surface area contributed by atoms with E-state index < -0.39 is 0 Å². The molecule has 2 aromatic rings. The highest BCUT2D eigenvalue weighted by Crippen LogP contribution is 2.23. The molecule has 0 radical (unpaired) electrons. The van der Waals surface area contributed by atoms with E-state index in [0.717, 1.165) is 49.5 Å². The average Bonchev–Trinajstić information content (AvgIpc) is 3.06. The van der Waals surface area contributed by atoms with Gasteiger partial charge in [0.15, 0.2) is 0 Å². The van der Waals surface area contributed by atoms with E-state index >= 15 is 0 Å². The minimum atomic E-state index is 0.311. The summed E-state index contributed by atoms with van der Waals surface area (Å²) in [4.78, 5) is 14.2. The summed E-state index contributed by atoms with van der Waals surface area (Å²) in [6.45, 7) is 8.92. The first-order valence-corrected chi connectivity index (χ1v) is 9.66. The molecule has 26 heavy (non-hydrogen) atoms. The molecule has 1 aromatic heterocycles. The molecule has 1 N–H and O–H groups in total. The van der Waals surface area contributed by atoms with E-state index in [-0.39, 0.29) is 0 Å². The molecule has 0 saturated carbocycles. The second kappa shape index (κ2) is 8.39. The minimum Gasteiger partial charge on any atom is -0.383 e. The van der Waals surface area contributed by atoms with Gasteiger partial charge in [0, 0.05) is 32.3 Å². The molecule has 3 rings (SSSR count). The van der Waals surface area contributed by atoms with Gasteiger partial charge in [0.05, 0.1) is 17.1 Å². The van der Waals surface area contributed by atoms with Crippen molar-refractivity contribution >= 4 is 11.6 Å². The fourth-order valence-electron chi connectivity index (χ4n) is 3.49. The van der Waals surface area contributed by atoms with Gasteiger partial charge in [-0.1, -0.05) is 26.0 Å². The molecule has 0 atom stereocenters. The predicted octanol–water partition coefficient (Wildman–Crippen LogP) is 3.88. The van der Waals surface area contributed by atoms with Crippen LogP contribution in [0.4, 0.5) is 5.69 Å². The van der Waals surface area contributed by atoms with Crippen LogP contribution in [0.5, 0.6) is 0 Å². The molecule has 5 heteroatoms. The third kappa shape index (κ3) is 4.65. The molecular formula is C21H30N4O. The quantitative estimate of drug-likeness (QED) is 0.856. The van der Waals surface area contributed by atoms with Crippen LogP contribution in [0.3, 0.4) is 0 Å². The van der Waals surface area contributed by atoms with Gasteiger partial charge in [-0.3, -0.25) is 4.79 Å². The van der Waals surface area contributed by atoms with Crippen molar-refractivity contribution in [2.75, 3.05) is 25.0 Å². The van der Waals surface area contributed by atoms with Gasteiger partial charge in [-0.2, -0.15) is 5.10 Å². The molecular weight excluding hydrogens is 324 g/mol.